The summed E-state index contributed by atoms with van der Waals surface area (Å²) in [6.07, 6.45) is 18.2. The van der Waals surface area contributed by atoms with Gasteiger partial charge >= 0.3 is 5.97 Å². The third-order valence-corrected chi connectivity index (χ3v) is 18.1. The van der Waals surface area contributed by atoms with Crippen LogP contribution in [0.2, 0.25) is 0 Å². The van der Waals surface area contributed by atoms with Gasteiger partial charge in [-0.2, -0.15) is 21.4 Å². The average molecular weight is 1050 g/mol. The van der Waals surface area contributed by atoms with Crippen LogP contribution in [-0.2, 0) is 50.7 Å². The van der Waals surface area contributed by atoms with Crippen molar-refractivity contribution in [2.45, 2.75) is 150 Å². The molecule has 0 radical (unpaired) electrons. The molecule has 1 saturated heterocycles. The van der Waals surface area contributed by atoms with Crippen molar-refractivity contribution in [1.29, 1.82) is 0 Å². The molecule has 396 valence electrons. The number of phenols is 1. The highest BCUT2D eigenvalue weighted by Crippen LogP contribution is 2.53. The van der Waals surface area contributed by atoms with E-state index in [1.165, 1.54) is 6.92 Å². The van der Waals surface area contributed by atoms with E-state index in [0.29, 0.717) is 69.0 Å². The first kappa shape index (κ1) is 55.1. The fourth-order valence-corrected chi connectivity index (χ4v) is 12.3. The van der Waals surface area contributed by atoms with Gasteiger partial charge in [0.1, 0.15) is 16.2 Å². The third-order valence-electron chi connectivity index (χ3n) is 15.7. The van der Waals surface area contributed by atoms with Crippen LogP contribution < -0.4 is 10.1 Å². The second kappa shape index (κ2) is 20.2. The fraction of sp³-hybridized carbons (Fsp3) is 0.537. The van der Waals surface area contributed by atoms with Crippen LogP contribution in [0.15, 0.2) is 81.8 Å². The maximum Gasteiger partial charge on any atom is 0.333 e. The van der Waals surface area contributed by atoms with E-state index in [-0.39, 0.29) is 54.6 Å². The number of nitrogens with zero attached hydrogens (tertiary/aromatic N) is 3. The number of hydrogen-bond donors (Lipinski definition) is 4. The lowest BCUT2D eigenvalue weighted by atomic mass is 9.77. The van der Waals surface area contributed by atoms with Gasteiger partial charge in [0.05, 0.1) is 10.3 Å². The third kappa shape index (κ3) is 10.6. The Morgan fingerprint density at radius 1 is 0.904 bits per heavy atom. The number of aromatic hydroxyl groups is 1. The number of ether oxygens (including phenoxy) is 1. The van der Waals surface area contributed by atoms with E-state index in [2.05, 4.69) is 14.8 Å². The SMILES string of the molecule is Cc1c(C)c2c(c(C)c1O)CCC(C)(C(=O)NCCC[N+]1=C(/C=C/C=C/C=C3/N(CCCCCC(=O)ON4C(=O)CCC4=O)C4=C(C=C(S(=O)(=O)O)CC4C)C3(C)C)C(C)(C)C3=CC(C)(S(=O)(=O)O)CC=C31)O2. The van der Waals surface area contributed by atoms with Crippen molar-refractivity contribution in [3.63, 3.8) is 0 Å². The summed E-state index contributed by atoms with van der Waals surface area (Å²) in [5.41, 5.74) is 5.75. The van der Waals surface area contributed by atoms with Crippen molar-refractivity contribution in [1.82, 2.24) is 15.3 Å². The van der Waals surface area contributed by atoms with Gasteiger partial charge in [-0.3, -0.25) is 23.5 Å². The topological polar surface area (TPSA) is 237 Å². The average Bonchev–Trinajstić information content (AvgIpc) is 3.82. The van der Waals surface area contributed by atoms with Gasteiger partial charge in [0.25, 0.3) is 38.0 Å². The number of carbonyl (C=O) groups is 4. The molecule has 4 aliphatic heterocycles. The first-order valence-corrected chi connectivity index (χ1v) is 28.0. The maximum absolute atomic E-state index is 13.8. The monoisotopic (exact) mass is 1050 g/mol. The second-order valence-electron chi connectivity index (χ2n) is 21.7. The predicted molar refractivity (Wildman–Crippen MR) is 275 cm³/mol. The van der Waals surface area contributed by atoms with E-state index in [1.807, 2.05) is 91.8 Å². The number of unbranched alkanes of at least 4 members (excludes halogenated alkanes) is 2. The fourth-order valence-electron chi connectivity index (χ4n) is 11.0. The number of imide groups is 1. The normalized spacial score (nSPS) is 25.3. The van der Waals surface area contributed by atoms with E-state index >= 15 is 0 Å². The number of fused-ring (bicyclic) bond motifs is 2. The molecule has 17 nitrogen and oxygen atoms in total. The van der Waals surface area contributed by atoms with E-state index < -0.39 is 59.2 Å². The summed E-state index contributed by atoms with van der Waals surface area (Å²) in [4.78, 5) is 57.3. The zero-order valence-corrected chi connectivity index (χ0v) is 45.3. The molecular weight excluding hydrogens is 977 g/mol. The highest BCUT2D eigenvalue weighted by molar-refractivity contribution is 7.89. The van der Waals surface area contributed by atoms with E-state index in [4.69, 9.17) is 9.57 Å². The highest BCUT2D eigenvalue weighted by Gasteiger charge is 2.52. The molecule has 6 aliphatic rings. The molecule has 1 aromatic carbocycles. The second-order valence-corrected chi connectivity index (χ2v) is 25.1. The number of phenolic OH excluding ortho intramolecular Hbond substituents is 1. The largest absolute Gasteiger partial charge is 0.507 e. The highest BCUT2D eigenvalue weighted by atomic mass is 32.2. The first-order valence-electron chi connectivity index (χ1n) is 25.1. The molecule has 3 unspecified atom stereocenters. The number of rotatable bonds is 17. The molecular formula is C54H71N4O13S2+. The molecule has 4 N–H and O–H groups in total. The first-order chi connectivity index (χ1) is 33.9. The number of benzene rings is 1. The molecule has 19 heteroatoms. The summed E-state index contributed by atoms with van der Waals surface area (Å²) in [5.74, 6) is -1.35. The molecule has 73 heavy (non-hydrogen) atoms. The lowest BCUT2D eigenvalue weighted by Gasteiger charge is -2.36. The van der Waals surface area contributed by atoms with Crippen molar-refractivity contribution in [3.8, 4) is 11.5 Å². The summed E-state index contributed by atoms with van der Waals surface area (Å²) >= 11 is 0. The minimum absolute atomic E-state index is 0.0113. The number of allylic oxidation sites excluding steroid dienone is 11. The lowest BCUT2D eigenvalue weighted by molar-refractivity contribution is -0.469. The minimum atomic E-state index is -4.46. The number of nitrogens with one attached hydrogen (secondary N) is 1. The van der Waals surface area contributed by atoms with Gasteiger partial charge < -0.3 is 24.9 Å². The lowest BCUT2D eigenvalue weighted by Crippen LogP contribution is -2.51. The summed E-state index contributed by atoms with van der Waals surface area (Å²) in [6.45, 7) is 20.1. The Kier molecular flexibility index (Phi) is 15.3. The predicted octanol–water partition coefficient (Wildman–Crippen LogP) is 7.83. The quantitative estimate of drug-likeness (QED) is 0.0383. The van der Waals surface area contributed by atoms with Gasteiger partial charge in [-0.05, 0) is 121 Å². The van der Waals surface area contributed by atoms with E-state index in [0.717, 1.165) is 56.2 Å². The van der Waals surface area contributed by atoms with Gasteiger partial charge in [-0.15, -0.1) is 5.06 Å². The minimum Gasteiger partial charge on any atom is -0.507 e. The molecule has 7 rings (SSSR count). The zero-order valence-electron chi connectivity index (χ0n) is 43.7. The molecule has 0 saturated carbocycles. The number of amides is 3. The zero-order chi connectivity index (χ0) is 53.8. The van der Waals surface area contributed by atoms with Gasteiger partial charge in [-0.25, -0.2) is 4.79 Å². The molecule has 3 amide bonds. The summed E-state index contributed by atoms with van der Waals surface area (Å²) in [7, 11) is -8.90. The van der Waals surface area contributed by atoms with Crippen molar-refractivity contribution in [2.75, 3.05) is 19.6 Å². The summed E-state index contributed by atoms with van der Waals surface area (Å²) in [5, 5.41) is 14.3. The Labute approximate surface area is 429 Å². The molecule has 1 aromatic rings. The Bertz CT molecular complexity index is 3010. The van der Waals surface area contributed by atoms with Gasteiger partial charge in [0.2, 0.25) is 5.70 Å². The van der Waals surface area contributed by atoms with Crippen LogP contribution in [0.25, 0.3) is 0 Å². The van der Waals surface area contributed by atoms with Crippen LogP contribution in [0, 0.1) is 37.5 Å². The Morgan fingerprint density at radius 2 is 1.59 bits per heavy atom. The van der Waals surface area contributed by atoms with Crippen LogP contribution in [0.3, 0.4) is 0 Å². The Balaban J connectivity index is 1.10. The molecule has 0 aromatic heterocycles. The molecule has 2 aliphatic carbocycles. The number of hydrogen-bond acceptors (Lipinski definition) is 12. The summed E-state index contributed by atoms with van der Waals surface area (Å²) < 4.78 is 77.7. The standard InChI is InChI=1S/C54H70N4O13S2/c1-33-30-37(72(64,65)66)31-39-47(33)57(28-16-12-15-20-46(61)71-58-44(59)21-22-45(58)60)43(51(39,5)6)19-14-11-13-18-42-52(7,8)40-32-53(9,73(67,68)69)25-24-41(40)56(42)29-17-27-55-50(63)54(10)26-23-38-36(4)48(62)34(2)35(3)49(38)70-54/h11,13-14,18-19,24,31-33H,12,15-17,20-23,25-30H2,1-10H3,(H3-,55,62,63,64,65,66,67,68,69)/p+1. The van der Waals surface area contributed by atoms with Crippen molar-refractivity contribution >= 4 is 49.6 Å². The van der Waals surface area contributed by atoms with Crippen molar-refractivity contribution in [3.05, 3.63) is 104 Å². The molecule has 0 bridgehead atoms. The van der Waals surface area contributed by atoms with Gasteiger partial charge in [0, 0.05) is 85.1 Å². The number of carbonyl (C=O) groups excluding carboxylic acids is 4. The molecule has 4 heterocycles. The van der Waals surface area contributed by atoms with Gasteiger partial charge in [-0.1, -0.05) is 51.5 Å². The maximum atomic E-state index is 13.8. The Morgan fingerprint density at radius 3 is 2.25 bits per heavy atom. The van der Waals surface area contributed by atoms with Crippen LogP contribution in [-0.4, -0.2) is 105 Å². The Hall–Kier alpha value is -5.63. The molecule has 1 fully saturated rings. The van der Waals surface area contributed by atoms with Gasteiger partial charge in [0.15, 0.2) is 17.9 Å². The van der Waals surface area contributed by atoms with Crippen LogP contribution in [0.5, 0.6) is 11.5 Å². The van der Waals surface area contributed by atoms with E-state index in [9.17, 15) is 50.2 Å². The van der Waals surface area contributed by atoms with Crippen molar-refractivity contribution in [2.24, 2.45) is 16.7 Å². The molecule has 3 atom stereocenters. The van der Waals surface area contributed by atoms with E-state index in [1.54, 1.807) is 19.1 Å². The van der Waals surface area contributed by atoms with Crippen LogP contribution in [0.4, 0.5) is 0 Å². The van der Waals surface area contributed by atoms with Crippen LogP contribution in [0.1, 0.15) is 135 Å². The smallest absolute Gasteiger partial charge is 0.333 e. The van der Waals surface area contributed by atoms with Crippen LogP contribution >= 0.6 is 0 Å². The molecule has 0 spiro atoms. The summed E-state index contributed by atoms with van der Waals surface area (Å²) in [6, 6.07) is 0. The van der Waals surface area contributed by atoms with Crippen molar-refractivity contribution < 1.29 is 64.4 Å². The number of hydroxylamine groups is 2.